The minimum Gasteiger partial charge on any atom is -0.399 e. The molecule has 0 radical (unpaired) electrons. The lowest BCUT2D eigenvalue weighted by Crippen LogP contribution is -2.50. The van der Waals surface area contributed by atoms with Crippen molar-refractivity contribution in [2.75, 3.05) is 31.9 Å². The quantitative estimate of drug-likeness (QED) is 0.770. The maximum Gasteiger partial charge on any atom is 0.276 e. The molecule has 8 heteroatoms. The summed E-state index contributed by atoms with van der Waals surface area (Å²) in [7, 11) is -3.54. The van der Waals surface area contributed by atoms with E-state index in [-0.39, 0.29) is 12.4 Å². The number of piperazine rings is 1. The summed E-state index contributed by atoms with van der Waals surface area (Å²) in [5.41, 5.74) is 7.60. The van der Waals surface area contributed by atoms with Crippen molar-refractivity contribution in [3.05, 3.63) is 29.8 Å². The molecule has 2 rings (SSSR count). The second-order valence-electron chi connectivity index (χ2n) is 4.47. The molecular formula is C11H19ClN4O2S. The number of nitrogens with two attached hydrogens (primary N) is 2. The first-order valence-electron chi connectivity index (χ1n) is 5.80. The van der Waals surface area contributed by atoms with Gasteiger partial charge in [0, 0.05) is 38.4 Å². The van der Waals surface area contributed by atoms with Gasteiger partial charge >= 0.3 is 0 Å². The molecule has 1 heterocycles. The van der Waals surface area contributed by atoms with Crippen LogP contribution in [0, 0.1) is 0 Å². The van der Waals surface area contributed by atoms with Gasteiger partial charge in [0.15, 0.2) is 0 Å². The zero-order chi connectivity index (χ0) is 13.2. The summed E-state index contributed by atoms with van der Waals surface area (Å²) >= 11 is 0. The second kappa shape index (κ2) is 6.53. The summed E-state index contributed by atoms with van der Waals surface area (Å²) in [5.74, 6) is 0. The zero-order valence-electron chi connectivity index (χ0n) is 10.5. The summed E-state index contributed by atoms with van der Waals surface area (Å²) in [5, 5.41) is 5.09. The van der Waals surface area contributed by atoms with Crippen LogP contribution in [0.2, 0.25) is 0 Å². The Kier molecular flexibility index (Phi) is 5.57. The van der Waals surface area contributed by atoms with Crippen molar-refractivity contribution in [1.82, 2.24) is 9.21 Å². The monoisotopic (exact) mass is 306 g/mol. The van der Waals surface area contributed by atoms with Crippen molar-refractivity contribution < 1.29 is 8.42 Å². The third-order valence-corrected chi connectivity index (χ3v) is 4.13. The van der Waals surface area contributed by atoms with E-state index in [1.165, 1.54) is 4.31 Å². The fourth-order valence-electron chi connectivity index (χ4n) is 2.09. The third kappa shape index (κ3) is 4.63. The van der Waals surface area contributed by atoms with E-state index in [2.05, 4.69) is 4.90 Å². The summed E-state index contributed by atoms with van der Waals surface area (Å²) < 4.78 is 23.6. The van der Waals surface area contributed by atoms with Crippen molar-refractivity contribution in [2.24, 2.45) is 5.14 Å². The van der Waals surface area contributed by atoms with Gasteiger partial charge in [0.05, 0.1) is 0 Å². The van der Waals surface area contributed by atoms with Gasteiger partial charge in [-0.1, -0.05) is 12.1 Å². The first-order valence-corrected chi connectivity index (χ1v) is 7.30. The van der Waals surface area contributed by atoms with Gasteiger partial charge in [-0.05, 0) is 17.7 Å². The number of anilines is 1. The Morgan fingerprint density at radius 1 is 1.16 bits per heavy atom. The third-order valence-electron chi connectivity index (χ3n) is 3.05. The number of halogens is 1. The van der Waals surface area contributed by atoms with Gasteiger partial charge in [0.2, 0.25) is 0 Å². The second-order valence-corrected chi connectivity index (χ2v) is 6.01. The van der Waals surface area contributed by atoms with Crippen molar-refractivity contribution in [2.45, 2.75) is 6.54 Å². The molecule has 0 atom stereocenters. The molecule has 0 aromatic heterocycles. The normalized spacial score (nSPS) is 17.9. The van der Waals surface area contributed by atoms with Gasteiger partial charge < -0.3 is 5.73 Å². The van der Waals surface area contributed by atoms with Crippen LogP contribution in [0.5, 0.6) is 0 Å². The van der Waals surface area contributed by atoms with Crippen molar-refractivity contribution in [3.63, 3.8) is 0 Å². The molecule has 0 saturated carbocycles. The van der Waals surface area contributed by atoms with Crippen LogP contribution in [0.1, 0.15) is 5.56 Å². The Hall–Kier alpha value is -0.860. The maximum atomic E-state index is 11.2. The van der Waals surface area contributed by atoms with E-state index < -0.39 is 10.2 Å². The molecule has 19 heavy (non-hydrogen) atoms. The smallest absolute Gasteiger partial charge is 0.276 e. The van der Waals surface area contributed by atoms with Gasteiger partial charge in [0.1, 0.15) is 0 Å². The lowest BCUT2D eigenvalue weighted by molar-refractivity contribution is 0.181. The lowest BCUT2D eigenvalue weighted by Gasteiger charge is -2.32. The topological polar surface area (TPSA) is 92.7 Å². The summed E-state index contributed by atoms with van der Waals surface area (Å²) in [6.07, 6.45) is 0. The van der Waals surface area contributed by atoms with Crippen LogP contribution < -0.4 is 10.9 Å². The molecule has 1 aliphatic rings. The molecule has 0 amide bonds. The molecule has 1 aliphatic heterocycles. The maximum absolute atomic E-state index is 11.2. The number of rotatable bonds is 3. The first-order chi connectivity index (χ1) is 8.45. The summed E-state index contributed by atoms with van der Waals surface area (Å²) in [6, 6.07) is 7.72. The van der Waals surface area contributed by atoms with Gasteiger partial charge in [0.25, 0.3) is 10.2 Å². The van der Waals surface area contributed by atoms with Crippen LogP contribution in [-0.4, -0.2) is 43.8 Å². The highest BCUT2D eigenvalue weighted by Crippen LogP contribution is 2.12. The van der Waals surface area contributed by atoms with Gasteiger partial charge in [-0.15, -0.1) is 12.4 Å². The SMILES string of the molecule is Cl.Nc1cccc(CN2CCN(S(N)(=O)=O)CC2)c1. The zero-order valence-corrected chi connectivity index (χ0v) is 12.2. The van der Waals surface area contributed by atoms with Crippen molar-refractivity contribution in [3.8, 4) is 0 Å². The van der Waals surface area contributed by atoms with Crippen LogP contribution >= 0.6 is 12.4 Å². The van der Waals surface area contributed by atoms with Crippen molar-refractivity contribution in [1.29, 1.82) is 0 Å². The predicted molar refractivity (Wildman–Crippen MR) is 78.1 cm³/mol. The Morgan fingerprint density at radius 3 is 2.32 bits per heavy atom. The van der Waals surface area contributed by atoms with E-state index in [1.54, 1.807) is 0 Å². The van der Waals surface area contributed by atoms with Gasteiger partial charge in [-0.2, -0.15) is 12.7 Å². The van der Waals surface area contributed by atoms with Crippen molar-refractivity contribution >= 4 is 28.3 Å². The minimum absolute atomic E-state index is 0. The molecule has 108 valence electrons. The Bertz CT molecular complexity index is 515. The minimum atomic E-state index is -3.54. The summed E-state index contributed by atoms with van der Waals surface area (Å²) in [6.45, 7) is 3.04. The van der Waals surface area contributed by atoms with E-state index >= 15 is 0 Å². The van der Waals surface area contributed by atoms with E-state index in [9.17, 15) is 8.42 Å². The van der Waals surface area contributed by atoms with E-state index in [1.807, 2.05) is 24.3 Å². The number of benzene rings is 1. The molecular weight excluding hydrogens is 288 g/mol. The number of hydrogen-bond donors (Lipinski definition) is 2. The van der Waals surface area contributed by atoms with Crippen LogP contribution in [0.15, 0.2) is 24.3 Å². The van der Waals surface area contributed by atoms with Crippen LogP contribution in [-0.2, 0) is 16.8 Å². The van der Waals surface area contributed by atoms with E-state index in [0.29, 0.717) is 26.2 Å². The molecule has 4 N–H and O–H groups in total. The molecule has 1 aromatic rings. The Morgan fingerprint density at radius 2 is 1.79 bits per heavy atom. The largest absolute Gasteiger partial charge is 0.399 e. The molecule has 6 nitrogen and oxygen atoms in total. The molecule has 0 bridgehead atoms. The lowest BCUT2D eigenvalue weighted by atomic mass is 10.2. The number of hydrogen-bond acceptors (Lipinski definition) is 4. The molecule has 0 aliphatic carbocycles. The van der Waals surface area contributed by atoms with E-state index in [0.717, 1.165) is 17.8 Å². The van der Waals surface area contributed by atoms with Crippen LogP contribution in [0.3, 0.4) is 0 Å². The predicted octanol–water partition coefficient (Wildman–Crippen LogP) is 0.0117. The Balaban J connectivity index is 0.00000180. The van der Waals surface area contributed by atoms with Crippen LogP contribution in [0.4, 0.5) is 5.69 Å². The van der Waals surface area contributed by atoms with Crippen LogP contribution in [0.25, 0.3) is 0 Å². The molecule has 0 spiro atoms. The number of nitrogen functional groups attached to an aromatic ring is 1. The highest BCUT2D eigenvalue weighted by Gasteiger charge is 2.23. The number of nitrogens with zero attached hydrogens (tertiary/aromatic N) is 2. The summed E-state index contributed by atoms with van der Waals surface area (Å²) in [4.78, 5) is 2.19. The average Bonchev–Trinajstić information content (AvgIpc) is 2.28. The van der Waals surface area contributed by atoms with Gasteiger partial charge in [-0.25, -0.2) is 5.14 Å². The molecule has 1 aromatic carbocycles. The molecule has 1 saturated heterocycles. The first kappa shape index (κ1) is 16.2. The van der Waals surface area contributed by atoms with Gasteiger partial charge in [-0.3, -0.25) is 4.90 Å². The average molecular weight is 307 g/mol. The highest BCUT2D eigenvalue weighted by molar-refractivity contribution is 7.86. The highest BCUT2D eigenvalue weighted by atomic mass is 35.5. The standard InChI is InChI=1S/C11H18N4O2S.ClH/c12-11-3-1-2-10(8-11)9-14-4-6-15(7-5-14)18(13,16)17;/h1-3,8H,4-7,9,12H2,(H2,13,16,17);1H. The van der Waals surface area contributed by atoms with E-state index in [4.69, 9.17) is 10.9 Å². The molecule has 0 unspecified atom stereocenters. The fourth-order valence-corrected chi connectivity index (χ4v) is 2.76. The molecule has 1 fully saturated rings. The Labute approximate surface area is 119 Å². The fraction of sp³-hybridized carbons (Fsp3) is 0.455.